The molecule has 24 heavy (non-hydrogen) atoms. The summed E-state index contributed by atoms with van der Waals surface area (Å²) in [4.78, 5) is 24.7. The zero-order chi connectivity index (χ0) is 17.7. The van der Waals surface area contributed by atoms with E-state index in [1.807, 2.05) is 20.8 Å². The number of anilines is 1. The fourth-order valence-electron chi connectivity index (χ4n) is 2.06. The maximum Gasteiger partial charge on any atom is 0.277 e. The fraction of sp³-hybridized carbons (Fsp3) is 0.467. The highest BCUT2D eigenvalue weighted by Crippen LogP contribution is 2.19. The van der Waals surface area contributed by atoms with Crippen molar-refractivity contribution in [1.82, 2.24) is 24.9 Å². The van der Waals surface area contributed by atoms with Crippen LogP contribution in [0.15, 0.2) is 16.9 Å². The maximum absolute atomic E-state index is 12.5. The average molecular weight is 397 g/mol. The van der Waals surface area contributed by atoms with Gasteiger partial charge in [-0.1, -0.05) is 6.92 Å². The van der Waals surface area contributed by atoms with E-state index in [-0.39, 0.29) is 17.3 Å². The fourth-order valence-corrected chi connectivity index (χ4v) is 2.55. The number of nitrogens with one attached hydrogen (secondary N) is 2. The molecular formula is C15H21BrN6O2. The van der Waals surface area contributed by atoms with Crippen LogP contribution >= 0.6 is 15.9 Å². The first-order chi connectivity index (χ1) is 11.5. The summed E-state index contributed by atoms with van der Waals surface area (Å²) in [6, 6.07) is 0. The molecule has 2 N–H and O–H groups in total. The third kappa shape index (κ3) is 4.02. The Bertz CT molecular complexity index is 736. The average Bonchev–Trinajstić information content (AvgIpc) is 3.15. The number of carbonyl (C=O) groups is 2. The Morgan fingerprint density at radius 3 is 2.25 bits per heavy atom. The van der Waals surface area contributed by atoms with Gasteiger partial charge in [0.15, 0.2) is 11.4 Å². The molecule has 2 rings (SSSR count). The van der Waals surface area contributed by atoms with Crippen molar-refractivity contribution in [2.45, 2.75) is 40.3 Å². The molecule has 2 heterocycles. The summed E-state index contributed by atoms with van der Waals surface area (Å²) in [6.07, 6.45) is 4.20. The van der Waals surface area contributed by atoms with Gasteiger partial charge in [0.05, 0.1) is 10.2 Å². The van der Waals surface area contributed by atoms with Gasteiger partial charge in [-0.2, -0.15) is 10.2 Å². The molecule has 0 radical (unpaired) electrons. The lowest BCUT2D eigenvalue weighted by Gasteiger charge is -2.05. The van der Waals surface area contributed by atoms with Gasteiger partial charge in [-0.15, -0.1) is 0 Å². The normalized spacial score (nSPS) is 10.7. The third-order valence-electron chi connectivity index (χ3n) is 3.34. The van der Waals surface area contributed by atoms with Crippen molar-refractivity contribution in [3.05, 3.63) is 28.3 Å². The van der Waals surface area contributed by atoms with Crippen molar-refractivity contribution in [2.75, 3.05) is 11.9 Å². The summed E-state index contributed by atoms with van der Waals surface area (Å²) in [7, 11) is 0. The minimum atomic E-state index is -0.394. The first-order valence-electron chi connectivity index (χ1n) is 7.90. The standard InChI is InChI=1S/C15H21BrN6O2/c1-4-7-17-14(23)13-11(9-22(6-3)20-13)18-15(24)12-10(16)8-21(5-2)19-12/h8-9H,4-7H2,1-3H3,(H,17,23)(H,18,24). The van der Waals surface area contributed by atoms with Crippen LogP contribution in [0, 0.1) is 0 Å². The molecule has 0 saturated carbocycles. The van der Waals surface area contributed by atoms with Gasteiger partial charge >= 0.3 is 0 Å². The van der Waals surface area contributed by atoms with E-state index in [0.29, 0.717) is 29.8 Å². The van der Waals surface area contributed by atoms with Gasteiger partial charge in [0.2, 0.25) is 0 Å². The lowest BCUT2D eigenvalue weighted by atomic mass is 10.3. The van der Waals surface area contributed by atoms with Gasteiger partial charge in [0.1, 0.15) is 0 Å². The minimum absolute atomic E-state index is 0.199. The lowest BCUT2D eigenvalue weighted by Crippen LogP contribution is -2.26. The van der Waals surface area contributed by atoms with Gasteiger partial charge in [0, 0.05) is 32.0 Å². The van der Waals surface area contributed by atoms with Crippen molar-refractivity contribution < 1.29 is 9.59 Å². The van der Waals surface area contributed by atoms with Gasteiger partial charge in [-0.05, 0) is 36.2 Å². The Labute approximate surface area is 148 Å². The molecule has 0 aromatic carbocycles. The van der Waals surface area contributed by atoms with E-state index < -0.39 is 5.91 Å². The Hall–Kier alpha value is -2.16. The van der Waals surface area contributed by atoms with Gasteiger partial charge in [0.25, 0.3) is 11.8 Å². The first-order valence-corrected chi connectivity index (χ1v) is 8.69. The second-order valence-corrected chi connectivity index (χ2v) is 5.99. The molecule has 130 valence electrons. The van der Waals surface area contributed by atoms with E-state index in [1.165, 1.54) is 0 Å². The molecule has 0 aliphatic rings. The summed E-state index contributed by atoms with van der Waals surface area (Å²) in [6.45, 7) is 7.61. The predicted octanol–water partition coefficient (Wildman–Crippen LogP) is 2.27. The zero-order valence-electron chi connectivity index (χ0n) is 14.0. The number of carbonyl (C=O) groups excluding carboxylic acids is 2. The smallest absolute Gasteiger partial charge is 0.277 e. The third-order valence-corrected chi connectivity index (χ3v) is 3.92. The molecule has 9 heteroatoms. The first kappa shape index (κ1) is 18.2. The van der Waals surface area contributed by atoms with Crippen molar-refractivity contribution >= 4 is 33.4 Å². The van der Waals surface area contributed by atoms with E-state index in [1.54, 1.807) is 21.8 Å². The van der Waals surface area contributed by atoms with Crippen molar-refractivity contribution in [2.24, 2.45) is 0 Å². The Morgan fingerprint density at radius 2 is 1.67 bits per heavy atom. The summed E-state index contributed by atoms with van der Waals surface area (Å²) in [5, 5.41) is 13.9. The molecular weight excluding hydrogens is 376 g/mol. The topological polar surface area (TPSA) is 93.8 Å². The predicted molar refractivity (Wildman–Crippen MR) is 94.1 cm³/mol. The second kappa shape index (κ2) is 8.09. The molecule has 0 saturated heterocycles. The highest BCUT2D eigenvalue weighted by atomic mass is 79.9. The van der Waals surface area contributed by atoms with Crippen LogP contribution in [0.5, 0.6) is 0 Å². The van der Waals surface area contributed by atoms with Crippen LogP contribution < -0.4 is 10.6 Å². The molecule has 0 aliphatic heterocycles. The van der Waals surface area contributed by atoms with E-state index in [4.69, 9.17) is 0 Å². The summed E-state index contributed by atoms with van der Waals surface area (Å²) < 4.78 is 3.86. The monoisotopic (exact) mass is 396 g/mol. The quantitative estimate of drug-likeness (QED) is 0.750. The SMILES string of the molecule is CCCNC(=O)c1nn(CC)cc1NC(=O)c1nn(CC)cc1Br. The highest BCUT2D eigenvalue weighted by molar-refractivity contribution is 9.10. The number of halogens is 1. The van der Waals surface area contributed by atoms with Crippen molar-refractivity contribution in [3.63, 3.8) is 0 Å². The van der Waals surface area contributed by atoms with Crippen molar-refractivity contribution in [1.29, 1.82) is 0 Å². The number of hydrogen-bond donors (Lipinski definition) is 2. The van der Waals surface area contributed by atoms with E-state index in [9.17, 15) is 9.59 Å². The van der Waals surface area contributed by atoms with Crippen LogP contribution in [-0.2, 0) is 13.1 Å². The van der Waals surface area contributed by atoms with Gasteiger partial charge in [-0.3, -0.25) is 19.0 Å². The van der Waals surface area contributed by atoms with Crippen LogP contribution in [0.25, 0.3) is 0 Å². The molecule has 2 aromatic heterocycles. The number of rotatable bonds is 7. The molecule has 0 spiro atoms. The summed E-state index contributed by atoms with van der Waals surface area (Å²) in [5.74, 6) is -0.702. The largest absolute Gasteiger partial charge is 0.351 e. The zero-order valence-corrected chi connectivity index (χ0v) is 15.6. The molecule has 0 aliphatic carbocycles. The van der Waals surface area contributed by atoms with Crippen LogP contribution in [0.4, 0.5) is 5.69 Å². The van der Waals surface area contributed by atoms with Crippen molar-refractivity contribution in [3.8, 4) is 0 Å². The van der Waals surface area contributed by atoms with E-state index in [0.717, 1.165) is 6.42 Å². The molecule has 0 atom stereocenters. The highest BCUT2D eigenvalue weighted by Gasteiger charge is 2.21. The molecule has 0 bridgehead atoms. The Balaban J connectivity index is 2.24. The lowest BCUT2D eigenvalue weighted by molar-refractivity contribution is 0.0948. The van der Waals surface area contributed by atoms with Gasteiger partial charge < -0.3 is 10.6 Å². The number of nitrogens with zero attached hydrogens (tertiary/aromatic N) is 4. The summed E-state index contributed by atoms with van der Waals surface area (Å²) in [5.41, 5.74) is 0.833. The van der Waals surface area contributed by atoms with E-state index >= 15 is 0 Å². The molecule has 0 fully saturated rings. The number of aryl methyl sites for hydroxylation is 2. The van der Waals surface area contributed by atoms with Crippen LogP contribution in [0.2, 0.25) is 0 Å². The Kier molecular flexibility index (Phi) is 6.13. The summed E-state index contributed by atoms with van der Waals surface area (Å²) >= 11 is 3.33. The number of amides is 2. The van der Waals surface area contributed by atoms with Gasteiger partial charge in [-0.25, -0.2) is 0 Å². The van der Waals surface area contributed by atoms with Crippen LogP contribution in [0.1, 0.15) is 48.2 Å². The number of aromatic nitrogens is 4. The molecule has 0 unspecified atom stereocenters. The number of hydrogen-bond acceptors (Lipinski definition) is 4. The molecule has 2 amide bonds. The van der Waals surface area contributed by atoms with Crippen LogP contribution in [-0.4, -0.2) is 37.9 Å². The minimum Gasteiger partial charge on any atom is -0.351 e. The Morgan fingerprint density at radius 1 is 1.04 bits per heavy atom. The second-order valence-electron chi connectivity index (χ2n) is 5.14. The molecule has 8 nitrogen and oxygen atoms in total. The van der Waals surface area contributed by atoms with Crippen LogP contribution in [0.3, 0.4) is 0 Å². The van der Waals surface area contributed by atoms with E-state index in [2.05, 4.69) is 36.8 Å². The maximum atomic E-state index is 12.5. The molecule has 2 aromatic rings.